The lowest BCUT2D eigenvalue weighted by atomic mass is 10.1. The van der Waals surface area contributed by atoms with Gasteiger partial charge in [0.25, 0.3) is 11.9 Å². The lowest BCUT2D eigenvalue weighted by Crippen LogP contribution is -2.16. The second-order valence-corrected chi connectivity index (χ2v) is 7.52. The Kier molecular flexibility index (Phi) is 4.48. The van der Waals surface area contributed by atoms with Crippen molar-refractivity contribution < 1.29 is 9.90 Å². The van der Waals surface area contributed by atoms with E-state index in [1.807, 2.05) is 72.8 Å². The molecule has 164 valence electrons. The van der Waals surface area contributed by atoms with Crippen LogP contribution in [0.5, 0.6) is 5.88 Å². The summed E-state index contributed by atoms with van der Waals surface area (Å²) in [4.78, 5) is 15.5. The minimum atomic E-state index is -0.342. The summed E-state index contributed by atoms with van der Waals surface area (Å²) in [5, 5.41) is 35.2. The highest BCUT2D eigenvalue weighted by Gasteiger charge is 2.27. The fraction of sp³-hybridized carbons (Fsp3) is 0. The van der Waals surface area contributed by atoms with Gasteiger partial charge in [0.2, 0.25) is 5.88 Å². The predicted molar refractivity (Wildman–Crippen MR) is 127 cm³/mol. The maximum Gasteiger partial charge on any atom is 0.291 e. The van der Waals surface area contributed by atoms with Crippen molar-refractivity contribution in [1.29, 1.82) is 0 Å². The van der Waals surface area contributed by atoms with E-state index >= 15 is 0 Å². The van der Waals surface area contributed by atoms with Gasteiger partial charge in [-0.25, -0.2) is 0 Å². The maximum atomic E-state index is 12.7. The number of anilines is 1. The molecule has 3 aromatic carbocycles. The van der Waals surface area contributed by atoms with Gasteiger partial charge in [0.1, 0.15) is 0 Å². The molecule has 10 heteroatoms. The largest absolute Gasteiger partial charge is 0.493 e. The number of rotatable bonds is 4. The van der Waals surface area contributed by atoms with Crippen LogP contribution in [-0.2, 0) is 4.79 Å². The summed E-state index contributed by atoms with van der Waals surface area (Å²) in [6.07, 6.45) is 0. The molecule has 1 aliphatic heterocycles. The summed E-state index contributed by atoms with van der Waals surface area (Å²) in [5.41, 5.74) is 3.27. The number of carbonyl (C=O) groups is 1. The minimum absolute atomic E-state index is 0.0493. The number of azo groups is 1. The van der Waals surface area contributed by atoms with E-state index in [0.29, 0.717) is 22.5 Å². The molecule has 0 aliphatic carbocycles. The second kappa shape index (κ2) is 7.78. The number of nitrogens with one attached hydrogen (secondary N) is 2. The van der Waals surface area contributed by atoms with Crippen LogP contribution >= 0.6 is 0 Å². The van der Waals surface area contributed by atoms with Crippen molar-refractivity contribution in [3.8, 4) is 17.3 Å². The molecule has 3 heterocycles. The van der Waals surface area contributed by atoms with E-state index in [4.69, 9.17) is 0 Å². The Morgan fingerprint density at radius 1 is 0.853 bits per heavy atom. The van der Waals surface area contributed by atoms with Crippen molar-refractivity contribution >= 4 is 39.8 Å². The van der Waals surface area contributed by atoms with Crippen molar-refractivity contribution in [3.05, 3.63) is 84.4 Å². The summed E-state index contributed by atoms with van der Waals surface area (Å²) in [6, 6.07) is 24.0. The molecule has 0 saturated heterocycles. The van der Waals surface area contributed by atoms with E-state index in [1.165, 1.54) is 4.68 Å². The standard InChI is InChI=1S/C24H16N8O2/c33-22-19(15-10-4-6-12-17(15)25-22)27-29-24-30-28-21(14-8-2-1-3-9-14)32(24)31-20-16-11-5-7-13-18(16)26-23(20)34/h1-13,25,33H,(H,26,31,34). The molecule has 0 saturated carbocycles. The number of fused-ring (bicyclic) bond motifs is 2. The van der Waals surface area contributed by atoms with Gasteiger partial charge in [0.15, 0.2) is 17.2 Å². The Labute approximate surface area is 192 Å². The monoisotopic (exact) mass is 448 g/mol. The van der Waals surface area contributed by atoms with Crippen LogP contribution in [0.15, 0.2) is 94.2 Å². The summed E-state index contributed by atoms with van der Waals surface area (Å²) in [6.45, 7) is 0. The van der Waals surface area contributed by atoms with Crippen LogP contribution < -0.4 is 5.32 Å². The number of benzene rings is 3. The minimum Gasteiger partial charge on any atom is -0.493 e. The molecule has 2 aromatic heterocycles. The van der Waals surface area contributed by atoms with Gasteiger partial charge in [0.05, 0.1) is 11.2 Å². The van der Waals surface area contributed by atoms with Crippen LogP contribution in [0, 0.1) is 0 Å². The first-order valence-corrected chi connectivity index (χ1v) is 10.4. The molecule has 5 aromatic rings. The number of carbonyl (C=O) groups excluding carboxylic acids is 1. The van der Waals surface area contributed by atoms with Gasteiger partial charge in [-0.1, -0.05) is 66.7 Å². The molecule has 0 bridgehead atoms. The Morgan fingerprint density at radius 2 is 1.62 bits per heavy atom. The predicted octanol–water partition coefficient (Wildman–Crippen LogP) is 4.75. The third kappa shape index (κ3) is 3.21. The number of nitrogens with zero attached hydrogens (tertiary/aromatic N) is 6. The van der Waals surface area contributed by atoms with Crippen LogP contribution in [0.3, 0.4) is 0 Å². The fourth-order valence-corrected chi connectivity index (χ4v) is 3.80. The van der Waals surface area contributed by atoms with Gasteiger partial charge in [-0.15, -0.1) is 20.4 Å². The Bertz CT molecular complexity index is 1610. The fourth-order valence-electron chi connectivity index (χ4n) is 3.80. The lowest BCUT2D eigenvalue weighted by molar-refractivity contribution is -0.110. The van der Waals surface area contributed by atoms with Crippen molar-refractivity contribution in [1.82, 2.24) is 19.9 Å². The van der Waals surface area contributed by atoms with Crippen LogP contribution in [0.4, 0.5) is 17.3 Å². The van der Waals surface area contributed by atoms with E-state index in [2.05, 4.69) is 35.8 Å². The summed E-state index contributed by atoms with van der Waals surface area (Å²) >= 11 is 0. The van der Waals surface area contributed by atoms with E-state index in [1.54, 1.807) is 6.07 Å². The number of hydrogen-bond donors (Lipinski definition) is 3. The highest BCUT2D eigenvalue weighted by atomic mass is 16.3. The molecule has 34 heavy (non-hydrogen) atoms. The van der Waals surface area contributed by atoms with Crippen LogP contribution in [0.2, 0.25) is 0 Å². The third-order valence-electron chi connectivity index (χ3n) is 5.40. The molecule has 0 unspecified atom stereocenters. The molecule has 0 fully saturated rings. The average molecular weight is 448 g/mol. The van der Waals surface area contributed by atoms with Crippen molar-refractivity contribution in [3.63, 3.8) is 0 Å². The highest BCUT2D eigenvalue weighted by Crippen LogP contribution is 2.36. The van der Waals surface area contributed by atoms with Gasteiger partial charge >= 0.3 is 0 Å². The number of aromatic amines is 1. The molecular weight excluding hydrogens is 432 g/mol. The third-order valence-corrected chi connectivity index (χ3v) is 5.40. The van der Waals surface area contributed by atoms with Crippen molar-refractivity contribution in [2.24, 2.45) is 15.3 Å². The summed E-state index contributed by atoms with van der Waals surface area (Å²) in [7, 11) is 0. The number of amides is 1. The summed E-state index contributed by atoms with van der Waals surface area (Å²) in [5.74, 6) is -0.0172. The first-order chi connectivity index (χ1) is 16.7. The Morgan fingerprint density at radius 3 is 2.50 bits per heavy atom. The van der Waals surface area contributed by atoms with Gasteiger partial charge < -0.3 is 15.4 Å². The molecule has 0 radical (unpaired) electrons. The number of aromatic hydroxyl groups is 1. The SMILES string of the molecule is O=C1Nc2ccccc2/C1=N/n1c(N=Nc2c(O)[nH]c3ccccc23)nnc1-c1ccccc1. The topological polar surface area (TPSA) is 133 Å². The van der Waals surface area contributed by atoms with E-state index in [0.717, 1.165) is 11.1 Å². The number of aromatic nitrogens is 4. The zero-order valence-electron chi connectivity index (χ0n) is 17.5. The molecule has 0 atom stereocenters. The molecule has 0 spiro atoms. The van der Waals surface area contributed by atoms with Crippen LogP contribution in [0.25, 0.3) is 22.3 Å². The first-order valence-electron chi connectivity index (χ1n) is 10.4. The Balaban J connectivity index is 1.50. The normalized spacial score (nSPS) is 14.2. The number of hydrogen-bond acceptors (Lipinski definition) is 7. The smallest absolute Gasteiger partial charge is 0.291 e. The van der Waals surface area contributed by atoms with Crippen LogP contribution in [0.1, 0.15) is 5.56 Å². The lowest BCUT2D eigenvalue weighted by Gasteiger charge is -2.03. The molecular formula is C24H16N8O2. The quantitative estimate of drug-likeness (QED) is 0.342. The van der Waals surface area contributed by atoms with Crippen molar-refractivity contribution in [2.45, 2.75) is 0 Å². The molecule has 10 nitrogen and oxygen atoms in total. The van der Waals surface area contributed by atoms with E-state index in [9.17, 15) is 9.90 Å². The van der Waals surface area contributed by atoms with Crippen molar-refractivity contribution in [2.75, 3.05) is 5.32 Å². The van der Waals surface area contributed by atoms with Gasteiger partial charge in [0, 0.05) is 16.5 Å². The Hall–Kier alpha value is -5.12. The van der Waals surface area contributed by atoms with E-state index in [-0.39, 0.29) is 29.1 Å². The average Bonchev–Trinajstić information content (AvgIpc) is 3.51. The second-order valence-electron chi connectivity index (χ2n) is 7.52. The molecule has 3 N–H and O–H groups in total. The van der Waals surface area contributed by atoms with Gasteiger partial charge in [-0.05, 0) is 12.1 Å². The van der Waals surface area contributed by atoms with Gasteiger partial charge in [-0.2, -0.15) is 9.78 Å². The van der Waals surface area contributed by atoms with Crippen LogP contribution in [-0.4, -0.2) is 36.6 Å². The highest BCUT2D eigenvalue weighted by molar-refractivity contribution is 6.53. The zero-order chi connectivity index (χ0) is 23.1. The first kappa shape index (κ1) is 19.6. The molecule has 1 amide bonds. The number of para-hydroxylation sites is 2. The summed E-state index contributed by atoms with van der Waals surface area (Å²) < 4.78 is 1.38. The molecule has 1 aliphatic rings. The van der Waals surface area contributed by atoms with E-state index < -0.39 is 0 Å². The molecule has 6 rings (SSSR count). The maximum absolute atomic E-state index is 12.7. The zero-order valence-corrected chi connectivity index (χ0v) is 17.5. The van der Waals surface area contributed by atoms with Gasteiger partial charge in [-0.3, -0.25) is 4.79 Å². The number of H-pyrrole nitrogens is 1.